The lowest BCUT2D eigenvalue weighted by molar-refractivity contribution is -0.136. The molecule has 0 bridgehead atoms. The first-order chi connectivity index (χ1) is 16.8. The number of benzene rings is 3. The largest absolute Gasteiger partial charge is 0.490 e. The number of hydrogen-bond acceptors (Lipinski definition) is 5. The van der Waals surface area contributed by atoms with Gasteiger partial charge in [0.05, 0.1) is 17.3 Å². The quantitative estimate of drug-likeness (QED) is 0.195. The zero-order valence-electron chi connectivity index (χ0n) is 18.9. The van der Waals surface area contributed by atoms with Crippen LogP contribution in [0.5, 0.6) is 11.5 Å². The molecule has 0 aromatic heterocycles. The first kappa shape index (κ1) is 26.4. The van der Waals surface area contributed by atoms with Gasteiger partial charge in [-0.2, -0.15) is 5.10 Å². The Hall–Kier alpha value is -3.24. The van der Waals surface area contributed by atoms with E-state index in [9.17, 15) is 14.0 Å². The van der Waals surface area contributed by atoms with Crippen LogP contribution < -0.4 is 20.2 Å². The highest BCUT2D eigenvalue weighted by Crippen LogP contribution is 2.37. The summed E-state index contributed by atoms with van der Waals surface area (Å²) in [5.41, 5.74) is 4.93. The first-order valence-electron chi connectivity index (χ1n) is 10.5. The third-order valence-corrected chi connectivity index (χ3v) is 5.73. The number of ether oxygens (including phenoxy) is 2. The Balaban J connectivity index is 1.65. The number of hydrazone groups is 1. The lowest BCUT2D eigenvalue weighted by Gasteiger charge is -2.14. The van der Waals surface area contributed by atoms with Crippen molar-refractivity contribution in [2.24, 2.45) is 5.10 Å². The van der Waals surface area contributed by atoms with E-state index in [-0.39, 0.29) is 12.4 Å². The van der Waals surface area contributed by atoms with Crippen LogP contribution in [0.2, 0.25) is 0 Å². The van der Waals surface area contributed by atoms with Crippen molar-refractivity contribution in [2.75, 3.05) is 11.9 Å². The van der Waals surface area contributed by atoms with Gasteiger partial charge in [0.1, 0.15) is 12.4 Å². The van der Waals surface area contributed by atoms with Crippen molar-refractivity contribution in [2.45, 2.75) is 20.5 Å². The Morgan fingerprint density at radius 3 is 2.46 bits per heavy atom. The number of anilines is 1. The van der Waals surface area contributed by atoms with Crippen LogP contribution in [-0.2, 0) is 16.2 Å². The van der Waals surface area contributed by atoms with Crippen LogP contribution in [0.1, 0.15) is 23.6 Å². The van der Waals surface area contributed by atoms with Crippen molar-refractivity contribution in [3.05, 3.63) is 86.1 Å². The highest BCUT2D eigenvalue weighted by molar-refractivity contribution is 9.10. The number of rotatable bonds is 8. The van der Waals surface area contributed by atoms with Gasteiger partial charge in [-0.1, -0.05) is 28.1 Å². The second-order valence-corrected chi connectivity index (χ2v) is 9.06. The highest BCUT2D eigenvalue weighted by atomic mass is 79.9. The van der Waals surface area contributed by atoms with Crippen LogP contribution in [0.4, 0.5) is 10.1 Å². The summed E-state index contributed by atoms with van der Waals surface area (Å²) in [4.78, 5) is 24.3. The lowest BCUT2D eigenvalue weighted by Crippen LogP contribution is -2.32. The fourth-order valence-electron chi connectivity index (χ4n) is 2.96. The third-order valence-electron chi connectivity index (χ3n) is 4.65. The van der Waals surface area contributed by atoms with Crippen molar-refractivity contribution < 1.29 is 23.5 Å². The van der Waals surface area contributed by atoms with Crippen molar-refractivity contribution in [3.8, 4) is 11.5 Å². The number of carbonyl (C=O) groups excluding carboxylic acids is 2. The molecule has 182 valence electrons. The number of hydrogen-bond donors (Lipinski definition) is 2. The molecule has 35 heavy (non-hydrogen) atoms. The molecule has 2 N–H and O–H groups in total. The maximum absolute atomic E-state index is 13.1. The SMILES string of the molecule is CCOc1cc(/C=N/NC(=O)C(=O)Nc2ccc(Br)cc2C)cc(Br)c1OCc1ccc(F)cc1. The molecule has 0 aliphatic carbocycles. The average Bonchev–Trinajstić information content (AvgIpc) is 2.81. The number of nitrogens with zero attached hydrogens (tertiary/aromatic N) is 1. The Morgan fingerprint density at radius 1 is 1.03 bits per heavy atom. The minimum Gasteiger partial charge on any atom is -0.490 e. The topological polar surface area (TPSA) is 89.0 Å². The molecule has 7 nitrogen and oxygen atoms in total. The van der Waals surface area contributed by atoms with Gasteiger partial charge < -0.3 is 14.8 Å². The van der Waals surface area contributed by atoms with E-state index < -0.39 is 11.8 Å². The predicted molar refractivity (Wildman–Crippen MR) is 139 cm³/mol. The molecule has 0 aliphatic rings. The number of aryl methyl sites for hydroxylation is 1. The van der Waals surface area contributed by atoms with Gasteiger partial charge in [0.2, 0.25) is 0 Å². The molecule has 0 heterocycles. The molecule has 3 aromatic carbocycles. The molecule has 0 unspecified atom stereocenters. The Labute approximate surface area is 219 Å². The number of halogens is 3. The van der Waals surface area contributed by atoms with Crippen molar-refractivity contribution in [3.63, 3.8) is 0 Å². The summed E-state index contributed by atoms with van der Waals surface area (Å²) >= 11 is 6.81. The van der Waals surface area contributed by atoms with Gasteiger partial charge in [-0.3, -0.25) is 9.59 Å². The first-order valence-corrected chi connectivity index (χ1v) is 12.1. The summed E-state index contributed by atoms with van der Waals surface area (Å²) in [6, 6.07) is 14.7. The van der Waals surface area contributed by atoms with Crippen LogP contribution in [0, 0.1) is 12.7 Å². The standard InChI is InChI=1S/C25H22Br2FN3O4/c1-3-34-22-12-17(11-20(27)23(22)35-14-16-4-7-19(28)8-5-16)13-29-31-25(33)24(32)30-21-9-6-18(26)10-15(21)2/h4-13H,3,14H2,1-2H3,(H,30,32)(H,31,33)/b29-13+. The summed E-state index contributed by atoms with van der Waals surface area (Å²) in [7, 11) is 0. The summed E-state index contributed by atoms with van der Waals surface area (Å²) in [5.74, 6) is -1.14. The van der Waals surface area contributed by atoms with Gasteiger partial charge in [-0.05, 0) is 88.9 Å². The van der Waals surface area contributed by atoms with Gasteiger partial charge in [0.25, 0.3) is 0 Å². The van der Waals surface area contributed by atoms with E-state index in [0.717, 1.165) is 15.6 Å². The summed E-state index contributed by atoms with van der Waals surface area (Å²) < 4.78 is 26.2. The second-order valence-electron chi connectivity index (χ2n) is 7.29. The zero-order valence-corrected chi connectivity index (χ0v) is 22.1. The maximum atomic E-state index is 13.1. The highest BCUT2D eigenvalue weighted by Gasteiger charge is 2.15. The molecule has 0 fully saturated rings. The lowest BCUT2D eigenvalue weighted by atomic mass is 10.2. The molecule has 0 saturated carbocycles. The van der Waals surface area contributed by atoms with E-state index in [1.165, 1.54) is 18.3 Å². The second kappa shape index (κ2) is 12.5. The van der Waals surface area contributed by atoms with Crippen LogP contribution >= 0.6 is 31.9 Å². The van der Waals surface area contributed by atoms with E-state index >= 15 is 0 Å². The average molecular weight is 607 g/mol. The van der Waals surface area contributed by atoms with E-state index in [1.54, 1.807) is 36.4 Å². The van der Waals surface area contributed by atoms with Crippen LogP contribution in [-0.4, -0.2) is 24.6 Å². The summed E-state index contributed by atoms with van der Waals surface area (Å²) in [6.45, 7) is 4.27. The molecule has 0 spiro atoms. The molecular formula is C25H22Br2FN3O4. The zero-order chi connectivity index (χ0) is 25.4. The molecular weight excluding hydrogens is 585 g/mol. The van der Waals surface area contributed by atoms with Crippen molar-refractivity contribution >= 4 is 55.6 Å². The maximum Gasteiger partial charge on any atom is 0.329 e. The smallest absolute Gasteiger partial charge is 0.329 e. The Bertz CT molecular complexity index is 1250. The van der Waals surface area contributed by atoms with Crippen LogP contribution in [0.25, 0.3) is 0 Å². The molecule has 3 aromatic rings. The van der Waals surface area contributed by atoms with E-state index in [1.807, 2.05) is 19.9 Å². The van der Waals surface area contributed by atoms with Gasteiger partial charge >= 0.3 is 11.8 Å². The molecule has 10 heteroatoms. The van der Waals surface area contributed by atoms with Gasteiger partial charge in [0.15, 0.2) is 11.5 Å². The fourth-order valence-corrected chi connectivity index (χ4v) is 4.01. The minimum absolute atomic E-state index is 0.218. The predicted octanol–water partition coefficient (Wildman–Crippen LogP) is 5.73. The molecule has 3 rings (SSSR count). The van der Waals surface area contributed by atoms with E-state index in [0.29, 0.717) is 33.8 Å². The Kier molecular flexibility index (Phi) is 9.39. The van der Waals surface area contributed by atoms with Crippen LogP contribution in [0.15, 0.2) is 68.6 Å². The number of carbonyl (C=O) groups is 2. The fraction of sp³-hybridized carbons (Fsp3) is 0.160. The van der Waals surface area contributed by atoms with Crippen LogP contribution in [0.3, 0.4) is 0 Å². The molecule has 0 atom stereocenters. The van der Waals surface area contributed by atoms with E-state index in [4.69, 9.17) is 9.47 Å². The van der Waals surface area contributed by atoms with Crippen molar-refractivity contribution in [1.82, 2.24) is 5.43 Å². The summed E-state index contributed by atoms with van der Waals surface area (Å²) in [5, 5.41) is 6.42. The van der Waals surface area contributed by atoms with E-state index in [2.05, 4.69) is 47.7 Å². The van der Waals surface area contributed by atoms with Crippen molar-refractivity contribution in [1.29, 1.82) is 0 Å². The molecule has 2 amide bonds. The Morgan fingerprint density at radius 2 is 1.77 bits per heavy atom. The normalized spacial score (nSPS) is 10.8. The number of amides is 2. The third kappa shape index (κ3) is 7.63. The molecule has 0 saturated heterocycles. The van der Waals surface area contributed by atoms with Gasteiger partial charge in [-0.15, -0.1) is 0 Å². The summed E-state index contributed by atoms with van der Waals surface area (Å²) in [6.07, 6.45) is 1.38. The van der Waals surface area contributed by atoms with Gasteiger partial charge in [0, 0.05) is 10.2 Å². The molecule has 0 aliphatic heterocycles. The number of nitrogens with one attached hydrogen (secondary N) is 2. The van der Waals surface area contributed by atoms with Gasteiger partial charge in [-0.25, -0.2) is 9.82 Å². The minimum atomic E-state index is -0.910. The monoisotopic (exact) mass is 605 g/mol. The molecule has 0 radical (unpaired) electrons.